The van der Waals surface area contributed by atoms with Crippen LogP contribution in [-0.2, 0) is 10.0 Å². The van der Waals surface area contributed by atoms with Gasteiger partial charge in [0.05, 0.1) is 15.1 Å². The molecule has 1 fully saturated rings. The van der Waals surface area contributed by atoms with Crippen molar-refractivity contribution < 1.29 is 8.42 Å². The molecule has 1 aromatic carbocycles. The van der Waals surface area contributed by atoms with E-state index in [1.54, 1.807) is 41.3 Å². The van der Waals surface area contributed by atoms with Crippen molar-refractivity contribution in [2.75, 3.05) is 25.4 Å². The fourth-order valence-electron chi connectivity index (χ4n) is 3.30. The van der Waals surface area contributed by atoms with Gasteiger partial charge in [-0.05, 0) is 63.2 Å². The predicted molar refractivity (Wildman–Crippen MR) is 111 cm³/mol. The van der Waals surface area contributed by atoms with Crippen LogP contribution >= 0.6 is 23.1 Å². The van der Waals surface area contributed by atoms with E-state index in [9.17, 15) is 8.42 Å². The largest absolute Gasteiger partial charge is 0.301 e. The smallest absolute Gasteiger partial charge is 0.240 e. The molecule has 2 aromatic rings. The Labute approximate surface area is 164 Å². The number of likely N-dealkylation sites (tertiary alicyclic amines) is 1. The maximum Gasteiger partial charge on any atom is 0.240 e. The van der Waals surface area contributed by atoms with E-state index in [1.807, 2.05) is 0 Å². The summed E-state index contributed by atoms with van der Waals surface area (Å²) in [6.45, 7) is 6.91. The number of aromatic nitrogens is 1. The minimum Gasteiger partial charge on any atom is -0.301 e. The highest BCUT2D eigenvalue weighted by Crippen LogP contribution is 2.30. The first-order valence-electron chi connectivity index (χ1n) is 9.26. The molecule has 0 radical (unpaired) electrons. The van der Waals surface area contributed by atoms with E-state index in [-0.39, 0.29) is 0 Å². The molecule has 3 rings (SSSR count). The number of piperidine rings is 1. The molecular formula is C18H27N3O2S3. The zero-order valence-electron chi connectivity index (χ0n) is 15.4. The Kier molecular flexibility index (Phi) is 6.96. The van der Waals surface area contributed by atoms with Crippen molar-refractivity contribution >= 4 is 43.3 Å². The van der Waals surface area contributed by atoms with Crippen molar-refractivity contribution in [2.24, 2.45) is 0 Å². The Morgan fingerprint density at radius 3 is 3.00 bits per heavy atom. The van der Waals surface area contributed by atoms with Gasteiger partial charge >= 0.3 is 0 Å². The van der Waals surface area contributed by atoms with Crippen molar-refractivity contribution in [3.05, 3.63) is 18.2 Å². The topological polar surface area (TPSA) is 62.3 Å². The Bertz CT molecular complexity index is 835. The molecular weight excluding hydrogens is 386 g/mol. The van der Waals surface area contributed by atoms with Crippen LogP contribution in [0.1, 0.15) is 39.5 Å². The molecule has 1 aliphatic heterocycles. The van der Waals surface area contributed by atoms with Crippen LogP contribution in [0, 0.1) is 0 Å². The normalized spacial score (nSPS) is 19.2. The third-order valence-corrected chi connectivity index (χ3v) is 8.28. The third-order valence-electron chi connectivity index (χ3n) is 4.77. The number of hydrogen-bond donors (Lipinski definition) is 1. The van der Waals surface area contributed by atoms with E-state index >= 15 is 0 Å². The minimum absolute atomic E-state index is 0.327. The Balaban J connectivity index is 1.58. The first-order valence-corrected chi connectivity index (χ1v) is 12.6. The van der Waals surface area contributed by atoms with E-state index in [0.717, 1.165) is 39.8 Å². The van der Waals surface area contributed by atoms with E-state index in [2.05, 4.69) is 28.5 Å². The van der Waals surface area contributed by atoms with E-state index in [0.29, 0.717) is 17.5 Å². The Morgan fingerprint density at radius 2 is 2.23 bits per heavy atom. The lowest BCUT2D eigenvalue weighted by Crippen LogP contribution is -2.39. The fraction of sp³-hybridized carbons (Fsp3) is 0.611. The molecule has 1 unspecified atom stereocenters. The molecule has 1 aromatic heterocycles. The van der Waals surface area contributed by atoms with E-state index < -0.39 is 10.0 Å². The molecule has 144 valence electrons. The first-order chi connectivity index (χ1) is 12.5. The van der Waals surface area contributed by atoms with Gasteiger partial charge in [-0.3, -0.25) is 0 Å². The lowest BCUT2D eigenvalue weighted by atomic mass is 10.0. The summed E-state index contributed by atoms with van der Waals surface area (Å²) in [7, 11) is -3.47. The van der Waals surface area contributed by atoms with Gasteiger partial charge in [0, 0.05) is 12.6 Å². The van der Waals surface area contributed by atoms with Crippen LogP contribution in [0.4, 0.5) is 0 Å². The van der Waals surface area contributed by atoms with Gasteiger partial charge in [-0.1, -0.05) is 25.1 Å². The van der Waals surface area contributed by atoms with Crippen LogP contribution in [0.2, 0.25) is 0 Å². The molecule has 0 bridgehead atoms. The summed E-state index contributed by atoms with van der Waals surface area (Å²) < 4.78 is 29.8. The van der Waals surface area contributed by atoms with Crippen molar-refractivity contribution in [3.63, 3.8) is 0 Å². The number of benzene rings is 1. The summed E-state index contributed by atoms with van der Waals surface area (Å²) in [6, 6.07) is 5.80. The van der Waals surface area contributed by atoms with Gasteiger partial charge < -0.3 is 4.90 Å². The zero-order valence-corrected chi connectivity index (χ0v) is 17.9. The summed E-state index contributed by atoms with van der Waals surface area (Å²) in [4.78, 5) is 7.31. The molecule has 26 heavy (non-hydrogen) atoms. The number of nitrogens with one attached hydrogen (secondary N) is 1. The molecule has 0 spiro atoms. The lowest BCUT2D eigenvalue weighted by Gasteiger charge is -2.33. The first kappa shape index (κ1) is 20.1. The standard InChI is InChI=1S/C18H27N3O2S3/c1-3-24-18-20-16-9-8-15(13-17(16)25-18)26(22,23)19-10-6-12-21-11-5-4-7-14(21)2/h8-9,13-14,19H,3-7,10-12H2,1-2H3. The van der Waals surface area contributed by atoms with Gasteiger partial charge in [0.15, 0.2) is 4.34 Å². The van der Waals surface area contributed by atoms with Crippen LogP contribution < -0.4 is 4.72 Å². The van der Waals surface area contributed by atoms with Crippen molar-refractivity contribution in [3.8, 4) is 0 Å². The maximum absolute atomic E-state index is 12.6. The van der Waals surface area contributed by atoms with Gasteiger partial charge in [-0.15, -0.1) is 11.3 Å². The number of rotatable bonds is 8. The highest BCUT2D eigenvalue weighted by molar-refractivity contribution is 8.01. The number of thioether (sulfide) groups is 1. The Morgan fingerprint density at radius 1 is 1.38 bits per heavy atom. The molecule has 1 aliphatic rings. The van der Waals surface area contributed by atoms with Gasteiger partial charge in [0.2, 0.25) is 10.0 Å². The highest BCUT2D eigenvalue weighted by atomic mass is 32.2. The zero-order chi connectivity index (χ0) is 18.6. The van der Waals surface area contributed by atoms with Crippen LogP contribution in [0.25, 0.3) is 10.2 Å². The molecule has 1 atom stereocenters. The quantitative estimate of drug-likeness (QED) is 0.524. The van der Waals surface area contributed by atoms with Crippen molar-refractivity contribution in [2.45, 2.75) is 54.8 Å². The third kappa shape index (κ3) is 4.98. The van der Waals surface area contributed by atoms with Crippen LogP contribution in [0.5, 0.6) is 0 Å². The van der Waals surface area contributed by atoms with Crippen molar-refractivity contribution in [1.29, 1.82) is 0 Å². The molecule has 0 amide bonds. The molecule has 0 saturated carbocycles. The number of nitrogens with zero attached hydrogens (tertiary/aromatic N) is 2. The minimum atomic E-state index is -3.47. The second-order valence-corrected chi connectivity index (χ2v) is 11.0. The molecule has 8 heteroatoms. The predicted octanol–water partition coefficient (Wildman–Crippen LogP) is 3.95. The number of sulfonamides is 1. The molecule has 1 N–H and O–H groups in total. The van der Waals surface area contributed by atoms with E-state index in [4.69, 9.17) is 0 Å². The molecule has 0 aliphatic carbocycles. The average Bonchev–Trinajstić information content (AvgIpc) is 3.02. The summed E-state index contributed by atoms with van der Waals surface area (Å²) in [5.74, 6) is 0.960. The second-order valence-electron chi connectivity index (χ2n) is 6.67. The summed E-state index contributed by atoms with van der Waals surface area (Å²) in [6.07, 6.45) is 4.65. The summed E-state index contributed by atoms with van der Waals surface area (Å²) >= 11 is 3.23. The van der Waals surface area contributed by atoms with E-state index in [1.165, 1.54) is 19.3 Å². The second kappa shape index (κ2) is 9.01. The monoisotopic (exact) mass is 413 g/mol. The number of fused-ring (bicyclic) bond motifs is 1. The number of thiazole rings is 1. The lowest BCUT2D eigenvalue weighted by molar-refractivity contribution is 0.159. The van der Waals surface area contributed by atoms with Crippen LogP contribution in [0.15, 0.2) is 27.4 Å². The highest BCUT2D eigenvalue weighted by Gasteiger charge is 2.19. The molecule has 2 heterocycles. The van der Waals surface area contributed by atoms with Crippen LogP contribution in [0.3, 0.4) is 0 Å². The molecule has 1 saturated heterocycles. The SMILES string of the molecule is CCSc1nc2ccc(S(=O)(=O)NCCCN3CCCCC3C)cc2s1. The summed E-state index contributed by atoms with van der Waals surface area (Å²) in [5.41, 5.74) is 0.865. The van der Waals surface area contributed by atoms with Gasteiger partial charge in [0.1, 0.15) is 0 Å². The van der Waals surface area contributed by atoms with Gasteiger partial charge in [-0.2, -0.15) is 0 Å². The summed E-state index contributed by atoms with van der Waals surface area (Å²) in [5, 5.41) is 0. The van der Waals surface area contributed by atoms with Gasteiger partial charge in [0.25, 0.3) is 0 Å². The Hall–Kier alpha value is -0.670. The average molecular weight is 414 g/mol. The van der Waals surface area contributed by atoms with Crippen LogP contribution in [-0.4, -0.2) is 49.7 Å². The fourth-order valence-corrected chi connectivity index (χ4v) is 6.48. The molecule has 5 nitrogen and oxygen atoms in total. The van der Waals surface area contributed by atoms with Gasteiger partial charge in [-0.25, -0.2) is 18.1 Å². The van der Waals surface area contributed by atoms with Crippen molar-refractivity contribution in [1.82, 2.24) is 14.6 Å². The maximum atomic E-state index is 12.6. The number of hydrogen-bond acceptors (Lipinski definition) is 6.